The third-order valence-corrected chi connectivity index (χ3v) is 9.43. The number of alkyl halides is 1. The lowest BCUT2D eigenvalue weighted by Gasteiger charge is -2.59. The van der Waals surface area contributed by atoms with Crippen molar-refractivity contribution in [2.45, 2.75) is 85.2 Å². The average molecular weight is 333 g/mol. The van der Waals surface area contributed by atoms with Gasteiger partial charge in [-0.1, -0.05) is 32.4 Å². The standard InChI is InChI=1S/C22H33FO/c1-14(24)21(3)11-9-19-17-6-5-15-13-16(23)7-10-20(15,2)18(17)8-12-22(19,21)4/h5,16-19H,6-13H2,1-4H3/t16?,17?,18?,19?,20?,21-,22+/m1/s1. The molecule has 0 spiro atoms. The summed E-state index contributed by atoms with van der Waals surface area (Å²) < 4.78 is 13.9. The Balaban J connectivity index is 1.69. The van der Waals surface area contributed by atoms with Crippen LogP contribution in [-0.2, 0) is 4.79 Å². The minimum atomic E-state index is -0.623. The van der Waals surface area contributed by atoms with E-state index in [2.05, 4.69) is 26.8 Å². The molecule has 3 fully saturated rings. The quantitative estimate of drug-likeness (QED) is 0.548. The maximum atomic E-state index is 13.9. The fourth-order valence-corrected chi connectivity index (χ4v) is 7.46. The number of halogens is 1. The minimum Gasteiger partial charge on any atom is -0.299 e. The van der Waals surface area contributed by atoms with Crippen LogP contribution in [0.15, 0.2) is 11.6 Å². The van der Waals surface area contributed by atoms with Gasteiger partial charge in [0.05, 0.1) is 0 Å². The van der Waals surface area contributed by atoms with Gasteiger partial charge in [-0.3, -0.25) is 4.79 Å². The maximum Gasteiger partial charge on any atom is 0.136 e. The van der Waals surface area contributed by atoms with Gasteiger partial charge in [-0.25, -0.2) is 4.39 Å². The van der Waals surface area contributed by atoms with Crippen LogP contribution in [-0.4, -0.2) is 12.0 Å². The van der Waals surface area contributed by atoms with Crippen LogP contribution in [0.1, 0.15) is 79.1 Å². The van der Waals surface area contributed by atoms with E-state index in [4.69, 9.17) is 0 Å². The third-order valence-electron chi connectivity index (χ3n) is 9.43. The molecule has 4 aliphatic rings. The second-order valence-electron chi connectivity index (χ2n) is 9.98. The number of ketones is 1. The van der Waals surface area contributed by atoms with Gasteiger partial charge in [-0.05, 0) is 80.5 Å². The maximum absolute atomic E-state index is 13.9. The zero-order chi connectivity index (χ0) is 17.3. The van der Waals surface area contributed by atoms with E-state index in [1.807, 2.05) is 6.92 Å². The van der Waals surface area contributed by atoms with Gasteiger partial charge in [0, 0.05) is 11.8 Å². The van der Waals surface area contributed by atoms with Crippen LogP contribution in [0.4, 0.5) is 4.39 Å². The number of fused-ring (bicyclic) bond motifs is 5. The molecule has 0 N–H and O–H groups in total. The first-order valence-corrected chi connectivity index (χ1v) is 10.1. The van der Waals surface area contributed by atoms with Gasteiger partial charge in [0.1, 0.15) is 12.0 Å². The van der Waals surface area contributed by atoms with Gasteiger partial charge in [0.25, 0.3) is 0 Å². The van der Waals surface area contributed by atoms with Gasteiger partial charge in [0.15, 0.2) is 0 Å². The summed E-state index contributed by atoms with van der Waals surface area (Å²) in [6.45, 7) is 8.86. The molecular weight excluding hydrogens is 299 g/mol. The fraction of sp³-hybridized carbons (Fsp3) is 0.864. The van der Waals surface area contributed by atoms with Crippen LogP contribution in [0.25, 0.3) is 0 Å². The molecule has 0 saturated heterocycles. The van der Waals surface area contributed by atoms with Crippen molar-refractivity contribution in [1.29, 1.82) is 0 Å². The van der Waals surface area contributed by atoms with E-state index < -0.39 is 6.17 Å². The normalized spacial score (nSPS) is 53.6. The Bertz CT molecular complexity index is 595. The van der Waals surface area contributed by atoms with Gasteiger partial charge in [-0.2, -0.15) is 0 Å². The first-order valence-electron chi connectivity index (χ1n) is 10.1. The summed E-state index contributed by atoms with van der Waals surface area (Å²) in [7, 11) is 0. The predicted molar refractivity (Wildman–Crippen MR) is 95.4 cm³/mol. The van der Waals surface area contributed by atoms with Crippen molar-refractivity contribution in [2.24, 2.45) is 34.0 Å². The molecule has 4 aliphatic carbocycles. The van der Waals surface area contributed by atoms with E-state index in [9.17, 15) is 9.18 Å². The Morgan fingerprint density at radius 3 is 2.50 bits per heavy atom. The Labute approximate surface area is 146 Å². The zero-order valence-electron chi connectivity index (χ0n) is 15.8. The van der Waals surface area contributed by atoms with Crippen molar-refractivity contribution in [3.63, 3.8) is 0 Å². The summed E-state index contributed by atoms with van der Waals surface area (Å²) in [6, 6.07) is 0. The van der Waals surface area contributed by atoms with Crippen LogP contribution in [0.3, 0.4) is 0 Å². The summed E-state index contributed by atoms with van der Waals surface area (Å²) >= 11 is 0. The van der Waals surface area contributed by atoms with Crippen LogP contribution in [0.5, 0.6) is 0 Å². The number of carbonyl (C=O) groups is 1. The fourth-order valence-electron chi connectivity index (χ4n) is 7.46. The molecule has 7 atom stereocenters. The highest BCUT2D eigenvalue weighted by Gasteiger charge is 2.63. The molecule has 0 aromatic carbocycles. The first-order chi connectivity index (χ1) is 11.2. The highest BCUT2D eigenvalue weighted by atomic mass is 19.1. The molecule has 0 radical (unpaired) electrons. The van der Waals surface area contributed by atoms with Gasteiger partial charge in [0.2, 0.25) is 0 Å². The largest absolute Gasteiger partial charge is 0.299 e. The van der Waals surface area contributed by atoms with E-state index in [1.165, 1.54) is 24.8 Å². The molecule has 2 heteroatoms. The van der Waals surface area contributed by atoms with Crippen LogP contribution in [0, 0.1) is 34.0 Å². The van der Waals surface area contributed by atoms with Crippen molar-refractivity contribution in [1.82, 2.24) is 0 Å². The summed E-state index contributed by atoms with van der Waals surface area (Å²) in [5.74, 6) is 2.47. The summed E-state index contributed by atoms with van der Waals surface area (Å²) in [5, 5.41) is 0. The van der Waals surface area contributed by atoms with E-state index >= 15 is 0 Å². The molecule has 134 valence electrons. The summed E-state index contributed by atoms with van der Waals surface area (Å²) in [4.78, 5) is 12.5. The van der Waals surface area contributed by atoms with Gasteiger partial charge < -0.3 is 0 Å². The minimum absolute atomic E-state index is 0.135. The number of Topliss-reactive ketones (excluding diaryl/α,β-unsaturated/α-hetero) is 1. The molecule has 0 aliphatic heterocycles. The lowest BCUT2D eigenvalue weighted by Crippen LogP contribution is -2.53. The summed E-state index contributed by atoms with van der Waals surface area (Å²) in [6.07, 6.45) is 10.0. The molecule has 5 unspecified atom stereocenters. The van der Waals surface area contributed by atoms with Crippen LogP contribution >= 0.6 is 0 Å². The Kier molecular flexibility index (Phi) is 3.62. The number of hydrogen-bond donors (Lipinski definition) is 0. The number of hydrogen-bond acceptors (Lipinski definition) is 1. The Morgan fingerprint density at radius 2 is 1.79 bits per heavy atom. The number of carbonyl (C=O) groups excluding carboxylic acids is 1. The highest BCUT2D eigenvalue weighted by Crippen LogP contribution is 2.69. The topological polar surface area (TPSA) is 17.1 Å². The molecule has 0 aromatic heterocycles. The molecule has 24 heavy (non-hydrogen) atoms. The lowest BCUT2D eigenvalue weighted by molar-refractivity contribution is -0.138. The smallest absolute Gasteiger partial charge is 0.136 e. The second kappa shape index (κ2) is 5.17. The van der Waals surface area contributed by atoms with E-state index in [0.717, 1.165) is 25.7 Å². The van der Waals surface area contributed by atoms with Gasteiger partial charge in [-0.15, -0.1) is 0 Å². The van der Waals surface area contributed by atoms with E-state index in [-0.39, 0.29) is 16.2 Å². The number of allylic oxidation sites excluding steroid dienone is 2. The monoisotopic (exact) mass is 332 g/mol. The highest BCUT2D eigenvalue weighted by molar-refractivity contribution is 5.83. The van der Waals surface area contributed by atoms with Crippen molar-refractivity contribution < 1.29 is 9.18 Å². The Hall–Kier alpha value is -0.660. The molecule has 0 heterocycles. The molecule has 3 saturated carbocycles. The van der Waals surface area contributed by atoms with Crippen LogP contribution < -0.4 is 0 Å². The Morgan fingerprint density at radius 1 is 1.08 bits per heavy atom. The number of rotatable bonds is 1. The molecule has 0 amide bonds. The van der Waals surface area contributed by atoms with Crippen LogP contribution in [0.2, 0.25) is 0 Å². The molecule has 0 bridgehead atoms. The van der Waals surface area contributed by atoms with Crippen molar-refractivity contribution >= 4 is 5.78 Å². The van der Waals surface area contributed by atoms with Crippen molar-refractivity contribution in [3.05, 3.63) is 11.6 Å². The lowest BCUT2D eigenvalue weighted by atomic mass is 9.45. The third kappa shape index (κ3) is 1.95. The van der Waals surface area contributed by atoms with Crippen molar-refractivity contribution in [3.8, 4) is 0 Å². The van der Waals surface area contributed by atoms with Crippen molar-refractivity contribution in [2.75, 3.05) is 0 Å². The molecular formula is C22H33FO. The second-order valence-corrected chi connectivity index (χ2v) is 9.98. The first kappa shape index (κ1) is 16.8. The molecule has 0 aromatic rings. The van der Waals surface area contributed by atoms with E-state index in [1.54, 1.807) is 0 Å². The molecule has 4 rings (SSSR count). The van der Waals surface area contributed by atoms with E-state index in [0.29, 0.717) is 30.0 Å². The molecule has 1 nitrogen and oxygen atoms in total. The summed E-state index contributed by atoms with van der Waals surface area (Å²) in [5.41, 5.74) is 1.67. The zero-order valence-corrected chi connectivity index (χ0v) is 15.8. The SMILES string of the molecule is CC(=O)[C@@]1(C)CCC2C3CC=C4CC(F)CCC4(C)C3CC[C@@]21C. The predicted octanol–water partition coefficient (Wildman–Crippen LogP) is 5.88. The van der Waals surface area contributed by atoms with Gasteiger partial charge >= 0.3 is 0 Å². The average Bonchev–Trinajstić information content (AvgIpc) is 2.81.